The average Bonchev–Trinajstić information content (AvgIpc) is 2.57. The maximum atomic E-state index is 9.76. The second-order valence-corrected chi connectivity index (χ2v) is 5.65. The molecular formula is C17H18ClN3O. The van der Waals surface area contributed by atoms with Gasteiger partial charge in [-0.3, -0.25) is 4.99 Å². The zero-order chi connectivity index (χ0) is 15.4. The minimum Gasteiger partial charge on any atom is -0.507 e. The lowest BCUT2D eigenvalue weighted by Gasteiger charge is -2.29. The Labute approximate surface area is 135 Å². The van der Waals surface area contributed by atoms with Crippen LogP contribution in [-0.4, -0.2) is 37.5 Å². The van der Waals surface area contributed by atoms with E-state index in [0.29, 0.717) is 10.6 Å². The van der Waals surface area contributed by atoms with Crippen LogP contribution in [0.1, 0.15) is 5.56 Å². The molecule has 1 aliphatic rings. The summed E-state index contributed by atoms with van der Waals surface area (Å²) in [5.74, 6) is 0.172. The second-order valence-electron chi connectivity index (χ2n) is 5.21. The van der Waals surface area contributed by atoms with E-state index >= 15 is 0 Å². The number of phenolic OH excluding ortho intramolecular Hbond substituents is 1. The SMILES string of the molecule is Oc1ccc(Cl)cc1C=Nc1ccc(N2CCNCC2)cc1. The summed E-state index contributed by atoms with van der Waals surface area (Å²) in [6, 6.07) is 13.0. The van der Waals surface area contributed by atoms with Crippen LogP contribution in [0.5, 0.6) is 5.75 Å². The van der Waals surface area contributed by atoms with E-state index in [2.05, 4.69) is 27.3 Å². The van der Waals surface area contributed by atoms with Gasteiger partial charge in [-0.25, -0.2) is 0 Å². The van der Waals surface area contributed by atoms with Crippen LogP contribution in [0.3, 0.4) is 0 Å². The van der Waals surface area contributed by atoms with E-state index in [1.165, 1.54) is 5.69 Å². The van der Waals surface area contributed by atoms with Crippen molar-refractivity contribution in [3.63, 3.8) is 0 Å². The van der Waals surface area contributed by atoms with Crippen molar-refractivity contribution in [1.82, 2.24) is 5.32 Å². The van der Waals surface area contributed by atoms with Gasteiger partial charge < -0.3 is 15.3 Å². The average molecular weight is 316 g/mol. The summed E-state index contributed by atoms with van der Waals surface area (Å²) in [4.78, 5) is 6.74. The Morgan fingerprint density at radius 2 is 1.82 bits per heavy atom. The van der Waals surface area contributed by atoms with Crippen molar-refractivity contribution in [2.45, 2.75) is 0 Å². The Morgan fingerprint density at radius 1 is 1.09 bits per heavy atom. The summed E-state index contributed by atoms with van der Waals surface area (Å²) in [6.45, 7) is 4.10. The Hall–Kier alpha value is -2.04. The molecule has 2 N–H and O–H groups in total. The third kappa shape index (κ3) is 3.59. The smallest absolute Gasteiger partial charge is 0.124 e. The van der Waals surface area contributed by atoms with Crippen LogP contribution in [0.2, 0.25) is 5.02 Å². The summed E-state index contributed by atoms with van der Waals surface area (Å²) in [6.07, 6.45) is 1.63. The molecule has 0 spiro atoms. The monoisotopic (exact) mass is 315 g/mol. The van der Waals surface area contributed by atoms with Gasteiger partial charge in [0.25, 0.3) is 0 Å². The number of aromatic hydroxyl groups is 1. The van der Waals surface area contributed by atoms with E-state index in [1.54, 1.807) is 24.4 Å². The summed E-state index contributed by atoms with van der Waals surface area (Å²) in [5, 5.41) is 13.7. The van der Waals surface area contributed by atoms with Gasteiger partial charge in [0, 0.05) is 48.7 Å². The highest BCUT2D eigenvalue weighted by atomic mass is 35.5. The van der Waals surface area contributed by atoms with Crippen LogP contribution >= 0.6 is 11.6 Å². The summed E-state index contributed by atoms with van der Waals surface area (Å²) < 4.78 is 0. The largest absolute Gasteiger partial charge is 0.507 e. The van der Waals surface area contributed by atoms with Gasteiger partial charge in [-0.15, -0.1) is 0 Å². The quantitative estimate of drug-likeness (QED) is 0.855. The van der Waals surface area contributed by atoms with Gasteiger partial charge >= 0.3 is 0 Å². The topological polar surface area (TPSA) is 47.9 Å². The number of benzene rings is 2. The van der Waals surface area contributed by atoms with E-state index in [9.17, 15) is 5.11 Å². The van der Waals surface area contributed by atoms with Crippen LogP contribution in [0.4, 0.5) is 11.4 Å². The van der Waals surface area contributed by atoms with Crippen LogP contribution < -0.4 is 10.2 Å². The number of hydrogen-bond acceptors (Lipinski definition) is 4. The molecule has 0 radical (unpaired) electrons. The van der Waals surface area contributed by atoms with Gasteiger partial charge in [0.15, 0.2) is 0 Å². The van der Waals surface area contributed by atoms with E-state index < -0.39 is 0 Å². The number of hydrogen-bond donors (Lipinski definition) is 2. The van der Waals surface area contributed by atoms with Gasteiger partial charge in [-0.1, -0.05) is 11.6 Å². The zero-order valence-electron chi connectivity index (χ0n) is 12.2. The normalized spacial score (nSPS) is 15.4. The van der Waals surface area contributed by atoms with Crippen LogP contribution in [0.15, 0.2) is 47.5 Å². The molecule has 1 saturated heterocycles. The molecule has 5 heteroatoms. The lowest BCUT2D eigenvalue weighted by molar-refractivity contribution is 0.474. The fourth-order valence-electron chi connectivity index (χ4n) is 2.45. The van der Waals surface area contributed by atoms with Crippen molar-refractivity contribution in [3.8, 4) is 5.75 Å². The number of nitrogens with zero attached hydrogens (tertiary/aromatic N) is 2. The summed E-state index contributed by atoms with van der Waals surface area (Å²) >= 11 is 5.92. The van der Waals surface area contributed by atoms with Crippen molar-refractivity contribution < 1.29 is 5.11 Å². The number of halogens is 1. The number of phenols is 1. The molecule has 2 aromatic rings. The van der Waals surface area contributed by atoms with Crippen LogP contribution in [0.25, 0.3) is 0 Å². The van der Waals surface area contributed by atoms with E-state index in [0.717, 1.165) is 31.9 Å². The maximum absolute atomic E-state index is 9.76. The first kappa shape index (κ1) is 14.9. The highest BCUT2D eigenvalue weighted by Gasteiger charge is 2.09. The predicted octanol–water partition coefficient (Wildman–Crippen LogP) is 3.21. The minimum atomic E-state index is 0.172. The molecule has 2 aromatic carbocycles. The Balaban J connectivity index is 1.72. The van der Waals surface area contributed by atoms with E-state index in [1.807, 2.05) is 12.1 Å². The molecule has 0 atom stereocenters. The van der Waals surface area contributed by atoms with Gasteiger partial charge in [-0.05, 0) is 42.5 Å². The summed E-state index contributed by atoms with van der Waals surface area (Å²) in [5.41, 5.74) is 2.67. The highest BCUT2D eigenvalue weighted by molar-refractivity contribution is 6.30. The molecule has 0 bridgehead atoms. The first-order chi connectivity index (χ1) is 10.7. The molecule has 0 aromatic heterocycles. The lowest BCUT2D eigenvalue weighted by atomic mass is 10.2. The minimum absolute atomic E-state index is 0.172. The first-order valence-corrected chi connectivity index (χ1v) is 7.68. The van der Waals surface area contributed by atoms with Crippen molar-refractivity contribution >= 4 is 29.2 Å². The molecule has 22 heavy (non-hydrogen) atoms. The Kier molecular flexibility index (Phi) is 4.61. The fraction of sp³-hybridized carbons (Fsp3) is 0.235. The molecule has 3 rings (SSSR count). The third-order valence-corrected chi connectivity index (χ3v) is 3.91. The van der Waals surface area contributed by atoms with Crippen LogP contribution in [0, 0.1) is 0 Å². The van der Waals surface area contributed by atoms with Gasteiger partial charge in [0.1, 0.15) is 5.75 Å². The molecule has 4 nitrogen and oxygen atoms in total. The molecule has 0 amide bonds. The predicted molar refractivity (Wildman–Crippen MR) is 91.9 cm³/mol. The molecule has 1 heterocycles. The number of piperazine rings is 1. The molecule has 0 unspecified atom stereocenters. The number of rotatable bonds is 3. The van der Waals surface area contributed by atoms with Crippen molar-refractivity contribution in [2.75, 3.05) is 31.1 Å². The Morgan fingerprint density at radius 3 is 2.55 bits per heavy atom. The zero-order valence-corrected chi connectivity index (χ0v) is 12.9. The first-order valence-electron chi connectivity index (χ1n) is 7.31. The molecule has 1 aliphatic heterocycles. The van der Waals surface area contributed by atoms with E-state index in [-0.39, 0.29) is 5.75 Å². The highest BCUT2D eigenvalue weighted by Crippen LogP contribution is 2.23. The third-order valence-electron chi connectivity index (χ3n) is 3.67. The van der Waals surface area contributed by atoms with Crippen molar-refractivity contribution in [3.05, 3.63) is 53.1 Å². The standard InChI is InChI=1S/C17H18ClN3O/c18-14-1-6-17(22)13(11-14)12-20-15-2-4-16(5-3-15)21-9-7-19-8-10-21/h1-6,11-12,19,22H,7-10H2. The molecule has 0 aliphatic carbocycles. The van der Waals surface area contributed by atoms with Gasteiger partial charge in [-0.2, -0.15) is 0 Å². The van der Waals surface area contributed by atoms with Crippen LogP contribution in [-0.2, 0) is 0 Å². The second kappa shape index (κ2) is 6.81. The molecule has 0 saturated carbocycles. The lowest BCUT2D eigenvalue weighted by Crippen LogP contribution is -2.43. The molecule has 114 valence electrons. The number of anilines is 1. The fourth-order valence-corrected chi connectivity index (χ4v) is 2.63. The molecule has 1 fully saturated rings. The van der Waals surface area contributed by atoms with E-state index in [4.69, 9.17) is 11.6 Å². The Bertz CT molecular complexity index is 664. The van der Waals surface area contributed by atoms with Gasteiger partial charge in [0.05, 0.1) is 5.69 Å². The van der Waals surface area contributed by atoms with Gasteiger partial charge in [0.2, 0.25) is 0 Å². The summed E-state index contributed by atoms with van der Waals surface area (Å²) in [7, 11) is 0. The van der Waals surface area contributed by atoms with Crippen molar-refractivity contribution in [2.24, 2.45) is 4.99 Å². The molecular weight excluding hydrogens is 298 g/mol. The number of aliphatic imine (C=N–C) groups is 1. The van der Waals surface area contributed by atoms with Crippen molar-refractivity contribution in [1.29, 1.82) is 0 Å². The maximum Gasteiger partial charge on any atom is 0.124 e. The number of nitrogens with one attached hydrogen (secondary N) is 1.